The maximum atomic E-state index is 12.7. The molecular formula is C19H19Br2ClN2O2. The Bertz CT molecular complexity index is 823. The molecule has 1 N–H and O–H groups in total. The Morgan fingerprint density at radius 2 is 1.88 bits per heavy atom. The molecule has 1 aliphatic rings. The summed E-state index contributed by atoms with van der Waals surface area (Å²) in [6, 6.07) is 9.20. The largest absolute Gasteiger partial charge is 0.495 e. The Kier molecular flexibility index (Phi) is 6.48. The normalized spacial score (nSPS) is 14.2. The number of nitrogens with one attached hydrogen (secondary N) is 1. The number of halogens is 3. The summed E-state index contributed by atoms with van der Waals surface area (Å²) in [7, 11) is 1.54. The van der Waals surface area contributed by atoms with Gasteiger partial charge in [-0.25, -0.2) is 0 Å². The summed E-state index contributed by atoms with van der Waals surface area (Å²) in [4.78, 5) is 15.0. The molecular weight excluding hydrogens is 483 g/mol. The number of piperidine rings is 1. The van der Waals surface area contributed by atoms with Crippen molar-refractivity contribution in [2.75, 3.05) is 30.4 Å². The lowest BCUT2D eigenvalue weighted by Crippen LogP contribution is -2.29. The van der Waals surface area contributed by atoms with Crippen LogP contribution in [0.5, 0.6) is 5.75 Å². The van der Waals surface area contributed by atoms with Crippen LogP contribution in [0.15, 0.2) is 39.3 Å². The molecule has 1 saturated heterocycles. The van der Waals surface area contributed by atoms with E-state index in [2.05, 4.69) is 42.1 Å². The zero-order valence-electron chi connectivity index (χ0n) is 14.3. The van der Waals surface area contributed by atoms with E-state index in [1.165, 1.54) is 26.4 Å². The number of carbonyl (C=O) groups is 1. The van der Waals surface area contributed by atoms with Crippen LogP contribution in [-0.2, 0) is 0 Å². The molecule has 0 unspecified atom stereocenters. The predicted molar refractivity (Wildman–Crippen MR) is 114 cm³/mol. The van der Waals surface area contributed by atoms with Crippen molar-refractivity contribution in [2.45, 2.75) is 19.3 Å². The second-order valence-corrected chi connectivity index (χ2v) is 8.31. The first-order valence-electron chi connectivity index (χ1n) is 8.38. The average Bonchev–Trinajstić information content (AvgIpc) is 2.62. The number of rotatable bonds is 4. The van der Waals surface area contributed by atoms with Gasteiger partial charge in [0.25, 0.3) is 5.91 Å². The molecule has 2 aromatic rings. The number of anilines is 2. The lowest BCUT2D eigenvalue weighted by Gasteiger charge is -2.29. The third-order valence-corrected chi connectivity index (χ3v) is 5.71. The van der Waals surface area contributed by atoms with E-state index in [-0.39, 0.29) is 5.91 Å². The second-order valence-electron chi connectivity index (χ2n) is 6.14. The molecule has 2 aromatic carbocycles. The molecule has 4 nitrogen and oxygen atoms in total. The van der Waals surface area contributed by atoms with Crippen molar-refractivity contribution in [1.29, 1.82) is 0 Å². The van der Waals surface area contributed by atoms with Gasteiger partial charge in [0.05, 0.1) is 27.9 Å². The van der Waals surface area contributed by atoms with Gasteiger partial charge in [-0.3, -0.25) is 4.79 Å². The number of methoxy groups -OCH3 is 1. The number of hydrogen-bond donors (Lipinski definition) is 1. The zero-order valence-corrected chi connectivity index (χ0v) is 18.2. The molecule has 0 spiro atoms. The van der Waals surface area contributed by atoms with E-state index in [1.54, 1.807) is 12.1 Å². The van der Waals surface area contributed by atoms with Crippen molar-refractivity contribution in [2.24, 2.45) is 0 Å². The van der Waals surface area contributed by atoms with Crippen LogP contribution in [0.4, 0.5) is 11.4 Å². The summed E-state index contributed by atoms with van der Waals surface area (Å²) in [5.41, 5.74) is 2.11. The third kappa shape index (κ3) is 4.35. The van der Waals surface area contributed by atoms with Gasteiger partial charge in [0.1, 0.15) is 5.75 Å². The van der Waals surface area contributed by atoms with Crippen LogP contribution < -0.4 is 15.0 Å². The fraction of sp³-hybridized carbons (Fsp3) is 0.316. The summed E-state index contributed by atoms with van der Waals surface area (Å²) in [6.07, 6.45) is 3.64. The van der Waals surface area contributed by atoms with Gasteiger partial charge < -0.3 is 15.0 Å². The number of hydrogen-bond acceptors (Lipinski definition) is 3. The molecule has 0 bridgehead atoms. The van der Waals surface area contributed by atoms with Gasteiger partial charge in [0, 0.05) is 23.2 Å². The Balaban J connectivity index is 1.81. The van der Waals surface area contributed by atoms with Crippen molar-refractivity contribution in [3.8, 4) is 5.75 Å². The number of benzene rings is 2. The molecule has 1 heterocycles. The lowest BCUT2D eigenvalue weighted by molar-refractivity contribution is 0.102. The average molecular weight is 503 g/mol. The lowest BCUT2D eigenvalue weighted by atomic mass is 10.1. The number of carbonyl (C=O) groups excluding carboxylic acids is 1. The minimum Gasteiger partial charge on any atom is -0.495 e. The van der Waals surface area contributed by atoms with Crippen molar-refractivity contribution in [3.63, 3.8) is 0 Å². The van der Waals surface area contributed by atoms with Crippen LogP contribution in [0.3, 0.4) is 0 Å². The van der Waals surface area contributed by atoms with Gasteiger partial charge in [-0.15, -0.1) is 0 Å². The molecule has 0 aliphatic carbocycles. The summed E-state index contributed by atoms with van der Waals surface area (Å²) in [6.45, 7) is 2.05. The predicted octanol–water partition coefficient (Wildman–Crippen LogP) is 6.12. The smallest absolute Gasteiger partial charge is 0.259 e. The Hall–Kier alpha value is -1.24. The highest BCUT2D eigenvalue weighted by Crippen LogP contribution is 2.34. The van der Waals surface area contributed by atoms with Crippen LogP contribution >= 0.6 is 43.5 Å². The molecule has 26 heavy (non-hydrogen) atoms. The molecule has 0 radical (unpaired) electrons. The van der Waals surface area contributed by atoms with Gasteiger partial charge in [0.2, 0.25) is 0 Å². The molecule has 1 fully saturated rings. The Morgan fingerprint density at radius 3 is 2.54 bits per heavy atom. The maximum Gasteiger partial charge on any atom is 0.259 e. The molecule has 3 rings (SSSR count). The zero-order chi connectivity index (χ0) is 18.7. The van der Waals surface area contributed by atoms with Gasteiger partial charge in [-0.1, -0.05) is 27.5 Å². The number of ether oxygens (including phenoxy) is 1. The molecule has 138 valence electrons. The third-order valence-electron chi connectivity index (χ3n) is 4.36. The van der Waals surface area contributed by atoms with Crippen LogP contribution in [0.1, 0.15) is 29.6 Å². The highest BCUT2D eigenvalue weighted by molar-refractivity contribution is 9.11. The fourth-order valence-electron chi connectivity index (χ4n) is 3.11. The molecule has 7 heteroatoms. The quantitative estimate of drug-likeness (QED) is 0.548. The fourth-order valence-corrected chi connectivity index (χ4v) is 4.80. The highest BCUT2D eigenvalue weighted by atomic mass is 79.9. The summed E-state index contributed by atoms with van der Waals surface area (Å²) in [5, 5.41) is 3.54. The molecule has 0 atom stereocenters. The molecule has 0 aromatic heterocycles. The topological polar surface area (TPSA) is 41.6 Å². The van der Waals surface area contributed by atoms with Crippen LogP contribution in [0, 0.1) is 0 Å². The van der Waals surface area contributed by atoms with Crippen molar-refractivity contribution >= 4 is 60.7 Å². The molecule has 0 saturated carbocycles. The summed E-state index contributed by atoms with van der Waals surface area (Å²) in [5.74, 6) is 0.229. The van der Waals surface area contributed by atoms with E-state index in [0.717, 1.165) is 23.2 Å². The number of amides is 1. The highest BCUT2D eigenvalue weighted by Gasteiger charge is 2.18. The maximum absolute atomic E-state index is 12.7. The standard InChI is InChI=1S/C19H19Br2ClN2O2/c1-26-18-14(9-12(20)10-15(18)21)19(25)23-13-5-6-17(16(22)11-13)24-7-3-2-4-8-24/h5-6,9-11H,2-4,7-8H2,1H3,(H,23,25). The van der Waals surface area contributed by atoms with Gasteiger partial charge in [-0.05, 0) is 65.5 Å². The Labute approximate surface area is 175 Å². The minimum absolute atomic E-state index is 0.259. The van der Waals surface area contributed by atoms with E-state index in [4.69, 9.17) is 16.3 Å². The first kappa shape index (κ1) is 19.5. The van der Waals surface area contributed by atoms with Gasteiger partial charge in [-0.2, -0.15) is 0 Å². The van der Waals surface area contributed by atoms with E-state index in [1.807, 2.05) is 18.2 Å². The van der Waals surface area contributed by atoms with Crippen molar-refractivity contribution in [3.05, 3.63) is 49.9 Å². The Morgan fingerprint density at radius 1 is 1.15 bits per heavy atom. The van der Waals surface area contributed by atoms with Gasteiger partial charge in [0.15, 0.2) is 0 Å². The van der Waals surface area contributed by atoms with Crippen LogP contribution in [0.25, 0.3) is 0 Å². The van der Waals surface area contributed by atoms with E-state index in [0.29, 0.717) is 26.5 Å². The first-order chi connectivity index (χ1) is 12.5. The summed E-state index contributed by atoms with van der Waals surface area (Å²) >= 11 is 13.3. The summed E-state index contributed by atoms with van der Waals surface area (Å²) < 4.78 is 6.84. The van der Waals surface area contributed by atoms with Crippen molar-refractivity contribution in [1.82, 2.24) is 0 Å². The molecule has 1 amide bonds. The van der Waals surface area contributed by atoms with E-state index < -0.39 is 0 Å². The monoisotopic (exact) mass is 500 g/mol. The number of nitrogens with zero attached hydrogens (tertiary/aromatic N) is 1. The van der Waals surface area contributed by atoms with E-state index >= 15 is 0 Å². The van der Waals surface area contributed by atoms with Crippen molar-refractivity contribution < 1.29 is 9.53 Å². The molecule has 1 aliphatic heterocycles. The first-order valence-corrected chi connectivity index (χ1v) is 10.3. The minimum atomic E-state index is -0.259. The SMILES string of the molecule is COc1c(Br)cc(Br)cc1C(=O)Nc1ccc(N2CCCCC2)c(Cl)c1. The second kappa shape index (κ2) is 8.63. The van der Waals surface area contributed by atoms with Gasteiger partial charge >= 0.3 is 0 Å². The van der Waals surface area contributed by atoms with E-state index in [9.17, 15) is 4.79 Å². The van der Waals surface area contributed by atoms with Crippen LogP contribution in [0.2, 0.25) is 5.02 Å². The van der Waals surface area contributed by atoms with Crippen LogP contribution in [-0.4, -0.2) is 26.1 Å².